The first-order valence-corrected chi connectivity index (χ1v) is 6.41. The molecular formula is C14H15ClN4O. The second-order valence-corrected chi connectivity index (χ2v) is 4.78. The molecule has 0 aliphatic heterocycles. The summed E-state index contributed by atoms with van der Waals surface area (Å²) in [5, 5.41) is 0.672. The summed E-state index contributed by atoms with van der Waals surface area (Å²) < 4.78 is 0. The van der Waals surface area contributed by atoms with Gasteiger partial charge in [-0.25, -0.2) is 10.8 Å². The molecule has 6 heteroatoms. The third-order valence-electron chi connectivity index (χ3n) is 2.80. The van der Waals surface area contributed by atoms with Crippen molar-refractivity contribution in [3.05, 3.63) is 58.7 Å². The molecule has 0 unspecified atom stereocenters. The fourth-order valence-corrected chi connectivity index (χ4v) is 1.89. The molecular weight excluding hydrogens is 276 g/mol. The van der Waals surface area contributed by atoms with Crippen LogP contribution in [0.15, 0.2) is 42.5 Å². The number of pyridine rings is 1. The number of rotatable bonds is 4. The van der Waals surface area contributed by atoms with E-state index in [9.17, 15) is 4.79 Å². The first-order valence-electron chi connectivity index (χ1n) is 6.03. The Balaban J connectivity index is 2.09. The molecule has 3 N–H and O–H groups in total. The third-order valence-corrected chi connectivity index (χ3v) is 3.05. The minimum atomic E-state index is -0.169. The van der Waals surface area contributed by atoms with E-state index in [-0.39, 0.29) is 5.91 Å². The highest BCUT2D eigenvalue weighted by Crippen LogP contribution is 2.12. The Bertz CT molecular complexity index is 600. The van der Waals surface area contributed by atoms with Gasteiger partial charge in [0.1, 0.15) is 11.5 Å². The lowest BCUT2D eigenvalue weighted by molar-refractivity contribution is 0.0779. The molecule has 0 saturated carbocycles. The van der Waals surface area contributed by atoms with Crippen LogP contribution in [0.5, 0.6) is 0 Å². The van der Waals surface area contributed by atoms with E-state index in [0.29, 0.717) is 23.1 Å². The molecule has 0 spiro atoms. The molecule has 0 aliphatic carbocycles. The van der Waals surface area contributed by atoms with Crippen LogP contribution >= 0.6 is 11.6 Å². The second-order valence-electron chi connectivity index (χ2n) is 4.34. The van der Waals surface area contributed by atoms with Crippen molar-refractivity contribution in [2.24, 2.45) is 5.84 Å². The molecule has 1 amide bonds. The monoisotopic (exact) mass is 290 g/mol. The van der Waals surface area contributed by atoms with Gasteiger partial charge in [0.2, 0.25) is 0 Å². The number of halogens is 1. The molecule has 1 aromatic carbocycles. The van der Waals surface area contributed by atoms with Gasteiger partial charge in [-0.1, -0.05) is 29.8 Å². The van der Waals surface area contributed by atoms with Gasteiger partial charge < -0.3 is 10.3 Å². The van der Waals surface area contributed by atoms with Gasteiger partial charge in [0.15, 0.2) is 0 Å². The number of hydrazine groups is 1. The summed E-state index contributed by atoms with van der Waals surface area (Å²) in [4.78, 5) is 18.0. The lowest BCUT2D eigenvalue weighted by atomic mass is 10.2. The van der Waals surface area contributed by atoms with E-state index in [0.717, 1.165) is 5.56 Å². The topological polar surface area (TPSA) is 71.2 Å². The highest BCUT2D eigenvalue weighted by molar-refractivity contribution is 6.30. The molecule has 20 heavy (non-hydrogen) atoms. The maximum absolute atomic E-state index is 12.3. The van der Waals surface area contributed by atoms with Gasteiger partial charge in [-0.15, -0.1) is 0 Å². The number of nitrogen functional groups attached to an aromatic ring is 1. The number of carbonyl (C=O) groups is 1. The number of hydrogen-bond acceptors (Lipinski definition) is 4. The summed E-state index contributed by atoms with van der Waals surface area (Å²) in [5.41, 5.74) is 3.76. The zero-order valence-corrected chi connectivity index (χ0v) is 11.8. The van der Waals surface area contributed by atoms with Crippen molar-refractivity contribution in [2.45, 2.75) is 6.54 Å². The Kier molecular flexibility index (Phi) is 4.55. The predicted octanol–water partition coefficient (Wildman–Crippen LogP) is 2.29. The molecule has 2 rings (SSSR count). The Morgan fingerprint density at radius 1 is 1.30 bits per heavy atom. The molecule has 0 saturated heterocycles. The average molecular weight is 291 g/mol. The zero-order chi connectivity index (χ0) is 14.5. The van der Waals surface area contributed by atoms with E-state index < -0.39 is 0 Å². The largest absolute Gasteiger partial charge is 0.336 e. The molecule has 1 heterocycles. The second kappa shape index (κ2) is 6.36. The van der Waals surface area contributed by atoms with E-state index in [1.807, 2.05) is 12.1 Å². The summed E-state index contributed by atoms with van der Waals surface area (Å²) in [6.07, 6.45) is 0. The van der Waals surface area contributed by atoms with Crippen LogP contribution in [-0.4, -0.2) is 22.8 Å². The first-order chi connectivity index (χ1) is 9.60. The third kappa shape index (κ3) is 3.46. The number of carbonyl (C=O) groups excluding carboxylic acids is 1. The number of anilines is 1. The Labute approximate surface area is 122 Å². The number of nitrogens with one attached hydrogen (secondary N) is 1. The van der Waals surface area contributed by atoms with Gasteiger partial charge in [-0.2, -0.15) is 0 Å². The Morgan fingerprint density at radius 2 is 2.00 bits per heavy atom. The smallest absolute Gasteiger partial charge is 0.272 e. The molecule has 2 aromatic rings. The van der Waals surface area contributed by atoms with Crippen molar-refractivity contribution in [3.8, 4) is 0 Å². The van der Waals surface area contributed by atoms with E-state index in [2.05, 4.69) is 10.4 Å². The van der Waals surface area contributed by atoms with Crippen molar-refractivity contribution in [3.63, 3.8) is 0 Å². The van der Waals surface area contributed by atoms with Crippen LogP contribution < -0.4 is 11.3 Å². The maximum atomic E-state index is 12.3. The average Bonchev–Trinajstić information content (AvgIpc) is 2.48. The first kappa shape index (κ1) is 14.3. The zero-order valence-electron chi connectivity index (χ0n) is 11.0. The summed E-state index contributed by atoms with van der Waals surface area (Å²) in [7, 11) is 1.72. The number of nitrogens with two attached hydrogens (primary N) is 1. The molecule has 0 radical (unpaired) electrons. The van der Waals surface area contributed by atoms with E-state index in [4.69, 9.17) is 17.4 Å². The van der Waals surface area contributed by atoms with Gasteiger partial charge in [-0.3, -0.25) is 4.79 Å². The lowest BCUT2D eigenvalue weighted by Gasteiger charge is -2.17. The van der Waals surface area contributed by atoms with Crippen molar-refractivity contribution >= 4 is 23.3 Å². The maximum Gasteiger partial charge on any atom is 0.272 e. The standard InChI is InChI=1S/C14H15ClN4O/c1-19(9-10-5-7-11(15)8-6-10)14(20)12-3-2-4-13(17-12)18-16/h2-8H,9,16H2,1H3,(H,17,18). The predicted molar refractivity (Wildman–Crippen MR) is 79.3 cm³/mol. The number of aromatic nitrogens is 1. The van der Waals surface area contributed by atoms with Gasteiger partial charge in [0, 0.05) is 18.6 Å². The highest BCUT2D eigenvalue weighted by atomic mass is 35.5. The highest BCUT2D eigenvalue weighted by Gasteiger charge is 2.13. The summed E-state index contributed by atoms with van der Waals surface area (Å²) in [6, 6.07) is 12.4. The molecule has 1 aromatic heterocycles. The van der Waals surface area contributed by atoms with Crippen molar-refractivity contribution < 1.29 is 4.79 Å². The number of hydrogen-bond donors (Lipinski definition) is 2. The Hall–Kier alpha value is -2.11. The SMILES string of the molecule is CN(Cc1ccc(Cl)cc1)C(=O)c1cccc(NN)n1. The van der Waals surface area contributed by atoms with Crippen molar-refractivity contribution in [2.75, 3.05) is 12.5 Å². The van der Waals surface area contributed by atoms with Gasteiger partial charge in [0.25, 0.3) is 5.91 Å². The molecule has 0 atom stereocenters. The van der Waals surface area contributed by atoms with Crippen LogP contribution in [0.3, 0.4) is 0 Å². The number of benzene rings is 1. The lowest BCUT2D eigenvalue weighted by Crippen LogP contribution is -2.27. The number of amides is 1. The van der Waals surface area contributed by atoms with Gasteiger partial charge in [0.05, 0.1) is 0 Å². The summed E-state index contributed by atoms with van der Waals surface area (Å²) in [5.74, 6) is 5.57. The van der Waals surface area contributed by atoms with Crippen LogP contribution in [-0.2, 0) is 6.54 Å². The molecule has 104 valence electrons. The molecule has 0 aliphatic rings. The van der Waals surface area contributed by atoms with Crippen LogP contribution in [0, 0.1) is 0 Å². The van der Waals surface area contributed by atoms with Crippen LogP contribution in [0.2, 0.25) is 5.02 Å². The van der Waals surface area contributed by atoms with Crippen LogP contribution in [0.1, 0.15) is 16.1 Å². The molecule has 0 fully saturated rings. The fourth-order valence-electron chi connectivity index (χ4n) is 1.77. The van der Waals surface area contributed by atoms with E-state index in [1.54, 1.807) is 42.3 Å². The minimum Gasteiger partial charge on any atom is -0.336 e. The van der Waals surface area contributed by atoms with Gasteiger partial charge in [-0.05, 0) is 29.8 Å². The number of nitrogens with zero attached hydrogens (tertiary/aromatic N) is 2. The molecule has 5 nitrogen and oxygen atoms in total. The fraction of sp³-hybridized carbons (Fsp3) is 0.143. The van der Waals surface area contributed by atoms with Crippen LogP contribution in [0.4, 0.5) is 5.82 Å². The van der Waals surface area contributed by atoms with Crippen molar-refractivity contribution in [1.29, 1.82) is 0 Å². The quantitative estimate of drug-likeness (QED) is 0.669. The Morgan fingerprint density at radius 3 is 2.65 bits per heavy atom. The minimum absolute atomic E-state index is 0.169. The molecule has 0 bridgehead atoms. The van der Waals surface area contributed by atoms with E-state index in [1.165, 1.54) is 0 Å². The summed E-state index contributed by atoms with van der Waals surface area (Å²) >= 11 is 5.83. The normalized spacial score (nSPS) is 10.2. The summed E-state index contributed by atoms with van der Waals surface area (Å²) in [6.45, 7) is 0.484. The van der Waals surface area contributed by atoms with Gasteiger partial charge >= 0.3 is 0 Å². The van der Waals surface area contributed by atoms with E-state index >= 15 is 0 Å². The van der Waals surface area contributed by atoms with Crippen molar-refractivity contribution in [1.82, 2.24) is 9.88 Å². The van der Waals surface area contributed by atoms with Crippen LogP contribution in [0.25, 0.3) is 0 Å².